The second-order valence-electron chi connectivity index (χ2n) is 4.27. The minimum Gasteiger partial charge on any atom is -0.411 e. The molecule has 2 rings (SSSR count). The monoisotopic (exact) mass is 298 g/mol. The first-order valence-corrected chi connectivity index (χ1v) is 5.89. The minimum absolute atomic E-state index is 0.0280. The van der Waals surface area contributed by atoms with Gasteiger partial charge in [-0.2, -0.15) is 13.2 Å². The zero-order valence-electron chi connectivity index (χ0n) is 10.6. The van der Waals surface area contributed by atoms with Crippen LogP contribution in [0.1, 0.15) is 16.8 Å². The highest BCUT2D eigenvalue weighted by molar-refractivity contribution is 6.01. The Bertz CT molecular complexity index is 634. The van der Waals surface area contributed by atoms with Crippen molar-refractivity contribution in [3.05, 3.63) is 65.2 Å². The lowest BCUT2D eigenvalue weighted by atomic mass is 10.0. The molecule has 0 saturated heterocycles. The molecule has 0 unspecified atom stereocenters. The lowest BCUT2D eigenvalue weighted by Crippen LogP contribution is -2.09. The number of benzene rings is 1. The smallest absolute Gasteiger partial charge is 0.411 e. The van der Waals surface area contributed by atoms with Crippen molar-refractivity contribution in [2.45, 2.75) is 12.6 Å². The Balaban J connectivity index is 2.18. The highest BCUT2D eigenvalue weighted by Gasteiger charge is 2.30. The Morgan fingerprint density at radius 1 is 1.10 bits per heavy atom. The topological polar surface area (TPSA) is 45.5 Å². The van der Waals surface area contributed by atoms with Gasteiger partial charge < -0.3 is 5.21 Å². The highest BCUT2D eigenvalue weighted by Crippen LogP contribution is 2.28. The maximum atomic E-state index is 12.8. The van der Waals surface area contributed by atoms with Crippen molar-refractivity contribution in [3.63, 3.8) is 0 Å². The van der Waals surface area contributed by atoms with Gasteiger partial charge in [-0.15, -0.1) is 0 Å². The molecule has 7 heteroatoms. The van der Waals surface area contributed by atoms with Crippen molar-refractivity contribution in [3.8, 4) is 0 Å². The van der Waals surface area contributed by atoms with E-state index in [1.807, 2.05) is 0 Å². The molecule has 0 atom stereocenters. The number of pyridine rings is 1. The van der Waals surface area contributed by atoms with E-state index in [9.17, 15) is 17.6 Å². The van der Waals surface area contributed by atoms with Crippen LogP contribution in [0.5, 0.6) is 0 Å². The van der Waals surface area contributed by atoms with Gasteiger partial charge in [0, 0.05) is 18.3 Å². The van der Waals surface area contributed by atoms with Crippen LogP contribution in [-0.2, 0) is 12.6 Å². The standard InChI is InChI=1S/C14H10F4N2O/c15-11-4-1-9(2-5-11)13(20-21)7-12-6-3-10(8-19-12)14(16,17)18/h1-6,8,21H,7H2/b20-13+. The summed E-state index contributed by atoms with van der Waals surface area (Å²) >= 11 is 0. The first-order valence-electron chi connectivity index (χ1n) is 5.89. The van der Waals surface area contributed by atoms with Crippen LogP contribution in [0.4, 0.5) is 17.6 Å². The van der Waals surface area contributed by atoms with Crippen molar-refractivity contribution in [2.75, 3.05) is 0 Å². The largest absolute Gasteiger partial charge is 0.417 e. The van der Waals surface area contributed by atoms with E-state index in [2.05, 4.69) is 10.1 Å². The third kappa shape index (κ3) is 3.77. The van der Waals surface area contributed by atoms with E-state index < -0.39 is 17.6 Å². The molecule has 0 saturated carbocycles. The molecular formula is C14H10F4N2O. The van der Waals surface area contributed by atoms with Crippen LogP contribution in [0.2, 0.25) is 0 Å². The molecule has 1 N–H and O–H groups in total. The lowest BCUT2D eigenvalue weighted by Gasteiger charge is -2.08. The second-order valence-corrected chi connectivity index (χ2v) is 4.27. The predicted octanol–water partition coefficient (Wildman–Crippen LogP) is 3.66. The molecule has 0 bridgehead atoms. The zero-order chi connectivity index (χ0) is 15.5. The molecule has 0 radical (unpaired) electrons. The van der Waals surface area contributed by atoms with Gasteiger partial charge in [0.1, 0.15) is 5.82 Å². The first-order chi connectivity index (χ1) is 9.90. The quantitative estimate of drug-likeness (QED) is 0.407. The molecule has 1 aromatic heterocycles. The Labute approximate surface area is 117 Å². The van der Waals surface area contributed by atoms with E-state index in [1.165, 1.54) is 30.3 Å². The van der Waals surface area contributed by atoms with Gasteiger partial charge >= 0.3 is 6.18 Å². The second kappa shape index (κ2) is 5.90. The van der Waals surface area contributed by atoms with E-state index in [-0.39, 0.29) is 12.1 Å². The van der Waals surface area contributed by atoms with Crippen LogP contribution >= 0.6 is 0 Å². The van der Waals surface area contributed by atoms with Crippen LogP contribution in [0.15, 0.2) is 47.8 Å². The summed E-state index contributed by atoms with van der Waals surface area (Å²) in [5.74, 6) is -0.441. The fourth-order valence-corrected chi connectivity index (χ4v) is 1.71. The van der Waals surface area contributed by atoms with Crippen LogP contribution in [0, 0.1) is 5.82 Å². The van der Waals surface area contributed by atoms with Gasteiger partial charge in [-0.25, -0.2) is 4.39 Å². The summed E-state index contributed by atoms with van der Waals surface area (Å²) in [6.07, 6.45) is -3.70. The third-order valence-corrected chi connectivity index (χ3v) is 2.80. The highest BCUT2D eigenvalue weighted by atomic mass is 19.4. The van der Waals surface area contributed by atoms with Gasteiger partial charge in [-0.3, -0.25) is 4.98 Å². The summed E-state index contributed by atoms with van der Waals surface area (Å²) in [4.78, 5) is 3.69. The molecule has 21 heavy (non-hydrogen) atoms. The van der Waals surface area contributed by atoms with Crippen molar-refractivity contribution < 1.29 is 22.8 Å². The Morgan fingerprint density at radius 2 is 1.76 bits per heavy atom. The van der Waals surface area contributed by atoms with Gasteiger partial charge in [-0.05, 0) is 29.8 Å². The fraction of sp³-hybridized carbons (Fsp3) is 0.143. The summed E-state index contributed by atoms with van der Waals surface area (Å²) in [5.41, 5.74) is 0.0958. The Kier molecular flexibility index (Phi) is 4.21. The van der Waals surface area contributed by atoms with Crippen LogP contribution in [0.25, 0.3) is 0 Å². The van der Waals surface area contributed by atoms with Gasteiger partial charge in [0.25, 0.3) is 0 Å². The van der Waals surface area contributed by atoms with Crippen molar-refractivity contribution in [1.29, 1.82) is 0 Å². The molecular weight excluding hydrogens is 288 g/mol. The average molecular weight is 298 g/mol. The van der Waals surface area contributed by atoms with Crippen LogP contribution in [-0.4, -0.2) is 15.9 Å². The molecule has 0 spiro atoms. The molecule has 3 nitrogen and oxygen atoms in total. The first kappa shape index (κ1) is 15.0. The van der Waals surface area contributed by atoms with Crippen molar-refractivity contribution >= 4 is 5.71 Å². The van der Waals surface area contributed by atoms with Gasteiger partial charge in [0.2, 0.25) is 0 Å². The molecule has 2 aromatic rings. The number of rotatable bonds is 3. The Hall–Kier alpha value is -2.44. The SMILES string of the molecule is O/N=C(\Cc1ccc(C(F)(F)F)cn1)c1ccc(F)cc1. The van der Waals surface area contributed by atoms with E-state index in [4.69, 9.17) is 5.21 Å². The van der Waals surface area contributed by atoms with Crippen molar-refractivity contribution in [1.82, 2.24) is 4.98 Å². The zero-order valence-corrected chi connectivity index (χ0v) is 10.6. The maximum absolute atomic E-state index is 12.8. The number of halogens is 4. The number of alkyl halides is 3. The van der Waals surface area contributed by atoms with Gasteiger partial charge in [0.15, 0.2) is 0 Å². The number of oxime groups is 1. The summed E-state index contributed by atoms with van der Waals surface area (Å²) < 4.78 is 50.1. The van der Waals surface area contributed by atoms with Crippen LogP contribution in [0.3, 0.4) is 0 Å². The number of aromatic nitrogens is 1. The van der Waals surface area contributed by atoms with Gasteiger partial charge in [-0.1, -0.05) is 17.3 Å². The molecule has 0 amide bonds. The normalized spacial score (nSPS) is 12.5. The van der Waals surface area contributed by atoms with Gasteiger partial charge in [0.05, 0.1) is 11.3 Å². The molecule has 0 aliphatic carbocycles. The summed E-state index contributed by atoms with van der Waals surface area (Å²) in [7, 11) is 0. The number of nitrogens with zero attached hydrogens (tertiary/aromatic N) is 2. The molecule has 110 valence electrons. The number of hydrogen-bond donors (Lipinski definition) is 1. The summed E-state index contributed by atoms with van der Waals surface area (Å²) in [5, 5.41) is 12.1. The van der Waals surface area contributed by atoms with Crippen molar-refractivity contribution in [2.24, 2.45) is 5.16 Å². The molecule has 0 fully saturated rings. The third-order valence-electron chi connectivity index (χ3n) is 2.80. The fourth-order valence-electron chi connectivity index (χ4n) is 1.71. The van der Waals surface area contributed by atoms with Crippen LogP contribution < -0.4 is 0 Å². The number of hydrogen-bond acceptors (Lipinski definition) is 3. The molecule has 0 aliphatic rings. The van der Waals surface area contributed by atoms with E-state index in [0.717, 1.165) is 12.3 Å². The minimum atomic E-state index is -4.45. The van der Waals surface area contributed by atoms with E-state index >= 15 is 0 Å². The summed E-state index contributed by atoms with van der Waals surface area (Å²) in [6, 6.07) is 7.32. The Morgan fingerprint density at radius 3 is 2.24 bits per heavy atom. The lowest BCUT2D eigenvalue weighted by molar-refractivity contribution is -0.137. The molecule has 1 heterocycles. The maximum Gasteiger partial charge on any atom is 0.417 e. The molecule has 1 aromatic carbocycles. The molecule has 0 aliphatic heterocycles. The average Bonchev–Trinajstić information content (AvgIpc) is 2.45. The predicted molar refractivity (Wildman–Crippen MR) is 67.7 cm³/mol. The van der Waals surface area contributed by atoms with E-state index in [0.29, 0.717) is 11.3 Å². The van der Waals surface area contributed by atoms with E-state index in [1.54, 1.807) is 0 Å². The summed E-state index contributed by atoms with van der Waals surface area (Å²) in [6.45, 7) is 0.